The van der Waals surface area contributed by atoms with E-state index in [9.17, 15) is 5.11 Å². The SMILES string of the molecule is CC.CC.CC.CC.COc1ccc2c3c1OC1C(O)CCC45CN(C)C(C2)C4C31C5. The molecule has 4 aliphatic carbocycles. The van der Waals surface area contributed by atoms with Crippen LogP contribution in [0.25, 0.3) is 0 Å². The minimum Gasteiger partial charge on any atom is -0.493 e. The van der Waals surface area contributed by atoms with Crippen molar-refractivity contribution in [3.05, 3.63) is 23.3 Å². The van der Waals surface area contributed by atoms with Gasteiger partial charge in [0.25, 0.3) is 0 Å². The Labute approximate surface area is 191 Å². The third-order valence-corrected chi connectivity index (χ3v) is 7.74. The fourth-order valence-electron chi connectivity index (χ4n) is 7.28. The maximum Gasteiger partial charge on any atom is 0.165 e. The Kier molecular flexibility index (Phi) is 8.49. The van der Waals surface area contributed by atoms with E-state index >= 15 is 0 Å². The molecule has 1 saturated heterocycles. The van der Waals surface area contributed by atoms with E-state index in [1.54, 1.807) is 7.11 Å². The number of likely N-dealkylation sites (tertiary alicyclic amines) is 1. The highest BCUT2D eigenvalue weighted by atomic mass is 16.5. The molecule has 3 saturated carbocycles. The van der Waals surface area contributed by atoms with Gasteiger partial charge in [-0.15, -0.1) is 0 Å². The van der Waals surface area contributed by atoms with Crippen LogP contribution in [-0.2, 0) is 11.8 Å². The van der Waals surface area contributed by atoms with Crippen molar-refractivity contribution in [1.82, 2.24) is 4.90 Å². The van der Waals surface area contributed by atoms with Crippen LogP contribution in [-0.4, -0.2) is 49.0 Å². The van der Waals surface area contributed by atoms with Crippen LogP contribution in [0.15, 0.2) is 12.1 Å². The second-order valence-electron chi connectivity index (χ2n) is 8.52. The molecule has 1 aromatic carbocycles. The molecule has 4 fully saturated rings. The number of aliphatic hydroxyl groups excluding tert-OH is 1. The predicted molar refractivity (Wildman–Crippen MR) is 130 cm³/mol. The normalized spacial score (nSPS) is 36.6. The van der Waals surface area contributed by atoms with Crippen LogP contribution in [0.5, 0.6) is 11.5 Å². The Bertz CT molecular complexity index is 735. The maximum atomic E-state index is 10.8. The van der Waals surface area contributed by atoms with E-state index in [1.165, 1.54) is 24.1 Å². The van der Waals surface area contributed by atoms with Crippen molar-refractivity contribution in [3.63, 3.8) is 0 Å². The zero-order valence-electron chi connectivity index (χ0n) is 21.7. The average molecular weight is 434 g/mol. The molecule has 2 heterocycles. The van der Waals surface area contributed by atoms with Gasteiger partial charge in [-0.1, -0.05) is 61.5 Å². The van der Waals surface area contributed by atoms with Crippen molar-refractivity contribution in [2.45, 2.75) is 105 Å². The molecule has 7 rings (SSSR count). The first kappa shape index (κ1) is 26.0. The van der Waals surface area contributed by atoms with Crippen LogP contribution in [0.4, 0.5) is 0 Å². The van der Waals surface area contributed by atoms with E-state index in [-0.39, 0.29) is 17.6 Å². The van der Waals surface area contributed by atoms with Gasteiger partial charge in [-0.25, -0.2) is 0 Å². The summed E-state index contributed by atoms with van der Waals surface area (Å²) < 4.78 is 12.0. The molecule has 2 spiro atoms. The lowest BCUT2D eigenvalue weighted by Gasteiger charge is -2.62. The Morgan fingerprint density at radius 2 is 1.71 bits per heavy atom. The molecule has 6 unspecified atom stereocenters. The topological polar surface area (TPSA) is 41.9 Å². The first-order valence-electron chi connectivity index (χ1n) is 12.9. The minimum atomic E-state index is -0.353. The molecule has 1 N–H and O–H groups in total. The van der Waals surface area contributed by atoms with Crippen molar-refractivity contribution >= 4 is 0 Å². The van der Waals surface area contributed by atoms with E-state index in [0.717, 1.165) is 30.8 Å². The summed E-state index contributed by atoms with van der Waals surface area (Å²) in [5, 5.41) is 10.8. The van der Waals surface area contributed by atoms with Crippen LogP contribution in [0.2, 0.25) is 0 Å². The molecule has 6 aliphatic rings. The van der Waals surface area contributed by atoms with Gasteiger partial charge < -0.3 is 19.5 Å². The van der Waals surface area contributed by atoms with Gasteiger partial charge in [0.15, 0.2) is 11.5 Å². The summed E-state index contributed by atoms with van der Waals surface area (Å²) in [7, 11) is 4.00. The summed E-state index contributed by atoms with van der Waals surface area (Å²) >= 11 is 0. The zero-order chi connectivity index (χ0) is 23.6. The second kappa shape index (κ2) is 10.1. The van der Waals surface area contributed by atoms with Gasteiger partial charge in [-0.3, -0.25) is 0 Å². The number of benzene rings is 1. The highest BCUT2D eigenvalue weighted by molar-refractivity contribution is 5.63. The van der Waals surface area contributed by atoms with Crippen molar-refractivity contribution in [1.29, 1.82) is 0 Å². The van der Waals surface area contributed by atoms with Crippen LogP contribution < -0.4 is 9.47 Å². The third-order valence-electron chi connectivity index (χ3n) is 7.74. The van der Waals surface area contributed by atoms with Crippen LogP contribution in [0, 0.1) is 11.3 Å². The van der Waals surface area contributed by atoms with Crippen LogP contribution >= 0.6 is 0 Å². The Morgan fingerprint density at radius 3 is 2.32 bits per heavy atom. The zero-order valence-corrected chi connectivity index (χ0v) is 21.7. The first-order valence-corrected chi connectivity index (χ1v) is 12.9. The number of methoxy groups -OCH3 is 1. The van der Waals surface area contributed by atoms with E-state index in [0.29, 0.717) is 17.4 Å². The lowest BCUT2D eigenvalue weighted by atomic mass is 9.40. The summed E-state index contributed by atoms with van der Waals surface area (Å²) in [6.45, 7) is 17.2. The monoisotopic (exact) mass is 433 g/mol. The summed E-state index contributed by atoms with van der Waals surface area (Å²) in [6, 6.07) is 4.88. The molecule has 178 valence electrons. The predicted octanol–water partition coefficient (Wildman–Crippen LogP) is 5.83. The number of nitrogens with zero attached hydrogens (tertiary/aromatic N) is 1. The maximum absolute atomic E-state index is 10.8. The van der Waals surface area contributed by atoms with E-state index in [1.807, 2.05) is 61.5 Å². The fourth-order valence-corrected chi connectivity index (χ4v) is 7.28. The number of aliphatic hydroxyl groups is 1. The third kappa shape index (κ3) is 3.31. The van der Waals surface area contributed by atoms with Crippen LogP contribution in [0.3, 0.4) is 0 Å². The molecule has 4 nitrogen and oxygen atoms in total. The molecule has 0 aromatic heterocycles. The molecule has 31 heavy (non-hydrogen) atoms. The second-order valence-corrected chi connectivity index (χ2v) is 8.52. The number of hydrogen-bond donors (Lipinski definition) is 1. The first-order chi connectivity index (χ1) is 15.1. The summed E-state index contributed by atoms with van der Waals surface area (Å²) in [6.07, 6.45) is 3.88. The van der Waals surface area contributed by atoms with Crippen molar-refractivity contribution in [2.24, 2.45) is 11.3 Å². The molecule has 2 bridgehead atoms. The number of ether oxygens (including phenoxy) is 2. The number of likely N-dealkylation sites (N-methyl/N-ethyl adjacent to an activating group) is 1. The van der Waals surface area contributed by atoms with Crippen molar-refractivity contribution in [3.8, 4) is 11.5 Å². The molecular weight excluding hydrogens is 386 g/mol. The van der Waals surface area contributed by atoms with Gasteiger partial charge >= 0.3 is 0 Å². The molecular formula is C27H47NO3. The van der Waals surface area contributed by atoms with E-state index < -0.39 is 0 Å². The number of fused-ring (bicyclic) bond motifs is 2. The van der Waals surface area contributed by atoms with Gasteiger partial charge in [0.1, 0.15) is 6.10 Å². The van der Waals surface area contributed by atoms with Crippen LogP contribution in [0.1, 0.15) is 85.8 Å². The lowest BCUT2D eigenvalue weighted by Crippen LogP contribution is -2.66. The van der Waals surface area contributed by atoms with E-state index in [4.69, 9.17) is 9.47 Å². The summed E-state index contributed by atoms with van der Waals surface area (Å²) in [5.74, 6) is 2.40. The van der Waals surface area contributed by atoms with Crippen molar-refractivity contribution < 1.29 is 14.6 Å². The highest BCUT2D eigenvalue weighted by Gasteiger charge is 2.78. The fraction of sp³-hybridized carbons (Fsp3) is 0.778. The molecule has 6 atom stereocenters. The molecule has 2 aliphatic heterocycles. The smallest absolute Gasteiger partial charge is 0.165 e. The highest BCUT2D eigenvalue weighted by Crippen LogP contribution is 2.76. The number of hydrogen-bond acceptors (Lipinski definition) is 4. The standard InChI is InChI=1S/C19H23NO3.4C2H6/c1-20-9-18-6-5-12(21)17-19(8-18)14-10(7-11(20)16(18)19)3-4-13(22-2)15(14)23-17;4*1-2/h3-4,11-12,16-17,21H,5-9H2,1-2H3;4*1-2H3. The van der Waals surface area contributed by atoms with E-state index in [2.05, 4.69) is 18.0 Å². The summed E-state index contributed by atoms with van der Waals surface area (Å²) in [5.41, 5.74) is 3.24. The Balaban J connectivity index is 0.000000388. The van der Waals surface area contributed by atoms with Gasteiger partial charge in [0.2, 0.25) is 0 Å². The molecule has 4 heteroatoms. The van der Waals surface area contributed by atoms with Gasteiger partial charge in [0, 0.05) is 23.6 Å². The average Bonchev–Trinajstić information content (AvgIpc) is 3.24. The van der Waals surface area contributed by atoms with Crippen molar-refractivity contribution in [2.75, 3.05) is 20.7 Å². The van der Waals surface area contributed by atoms with Gasteiger partial charge in [0.05, 0.1) is 13.2 Å². The quantitative estimate of drug-likeness (QED) is 0.605. The lowest BCUT2D eigenvalue weighted by molar-refractivity contribution is -0.0986. The molecule has 0 amide bonds. The van der Waals surface area contributed by atoms with Gasteiger partial charge in [-0.2, -0.15) is 0 Å². The number of rotatable bonds is 1. The Hall–Kier alpha value is -1.26. The molecule has 1 aromatic rings. The largest absolute Gasteiger partial charge is 0.493 e. The minimum absolute atomic E-state index is 0.0306. The van der Waals surface area contributed by atoms with Gasteiger partial charge in [-0.05, 0) is 55.7 Å². The Morgan fingerprint density at radius 1 is 1.06 bits per heavy atom. The molecule has 0 radical (unpaired) electrons. The summed E-state index contributed by atoms with van der Waals surface area (Å²) in [4.78, 5) is 2.58.